The molecule has 3 nitrogen and oxygen atoms in total. The molecule has 0 fully saturated rings. The highest BCUT2D eigenvalue weighted by Gasteiger charge is 2.22. The van der Waals surface area contributed by atoms with Crippen LogP contribution in [0.2, 0.25) is 10.0 Å². The summed E-state index contributed by atoms with van der Waals surface area (Å²) in [4.78, 5) is 11.6. The van der Waals surface area contributed by atoms with E-state index in [2.05, 4.69) is 43.1 Å². The number of nitrogens with one attached hydrogen (secondary N) is 1. The van der Waals surface area contributed by atoms with Gasteiger partial charge in [-0.1, -0.05) is 79.9 Å². The molecule has 3 aromatic rings. The molecule has 0 spiro atoms. The molecule has 0 heterocycles. The molecule has 1 unspecified atom stereocenters. The van der Waals surface area contributed by atoms with Crippen LogP contribution in [0, 0.1) is 0 Å². The van der Waals surface area contributed by atoms with E-state index in [0.717, 1.165) is 84.9 Å². The van der Waals surface area contributed by atoms with E-state index in [0.29, 0.717) is 22.2 Å². The number of hydrogen-bond acceptors (Lipinski definition) is 2. The molecule has 3 aromatic carbocycles. The van der Waals surface area contributed by atoms with Gasteiger partial charge in [0.15, 0.2) is 0 Å². The van der Waals surface area contributed by atoms with Gasteiger partial charge in [-0.15, -0.1) is 0 Å². The third-order valence-corrected chi connectivity index (χ3v) is 8.24. The van der Waals surface area contributed by atoms with Crippen molar-refractivity contribution in [3.05, 3.63) is 105 Å². The molecule has 0 radical (unpaired) electrons. The van der Waals surface area contributed by atoms with Gasteiger partial charge in [0.25, 0.3) is 0 Å². The number of carbonyl (C=O) groups excluding carboxylic acids is 1. The van der Waals surface area contributed by atoms with E-state index in [1.807, 2.05) is 30.3 Å². The number of alkyl halides is 1. The zero-order valence-electron chi connectivity index (χ0n) is 24.6. The first-order valence-electron chi connectivity index (χ1n) is 14.9. The highest BCUT2D eigenvalue weighted by Crippen LogP contribution is 2.43. The molecule has 0 aromatic heterocycles. The first kappa shape index (κ1) is 31.8. The number of unbranched alkanes of at least 4 members (excludes halogenated alkanes) is 2. The molecule has 1 aliphatic rings. The van der Waals surface area contributed by atoms with Crippen molar-refractivity contribution in [2.45, 2.75) is 77.7 Å². The standard InChI is InChI=1S/C36H40Cl2FNO2/c1-4-9-30(11-6-5-7-21-39)42-31-17-13-26(14-18-31)36-32-19-15-27(24(2)40-25(3)41)22-28(32)10-8-12-34(36)33-20-16-29(37)23-35(33)38/h13-20,22-23,30H,2,4-12,21H2,1,3H3,(H,40,41). The van der Waals surface area contributed by atoms with Crippen molar-refractivity contribution in [3.63, 3.8) is 0 Å². The average Bonchev–Trinajstić information content (AvgIpc) is 3.14. The van der Waals surface area contributed by atoms with Gasteiger partial charge in [-0.25, -0.2) is 0 Å². The minimum Gasteiger partial charge on any atom is -0.490 e. The van der Waals surface area contributed by atoms with E-state index in [4.69, 9.17) is 27.9 Å². The van der Waals surface area contributed by atoms with Gasteiger partial charge in [0.05, 0.1) is 12.8 Å². The number of allylic oxidation sites excluding steroid dienone is 1. The predicted octanol–water partition coefficient (Wildman–Crippen LogP) is 10.5. The Balaban J connectivity index is 1.74. The Hall–Kier alpha value is -3.08. The van der Waals surface area contributed by atoms with Gasteiger partial charge in [0.2, 0.25) is 5.91 Å². The van der Waals surface area contributed by atoms with Crippen molar-refractivity contribution in [1.29, 1.82) is 0 Å². The van der Waals surface area contributed by atoms with E-state index in [1.54, 1.807) is 6.07 Å². The largest absolute Gasteiger partial charge is 0.490 e. The lowest BCUT2D eigenvalue weighted by Crippen LogP contribution is -2.17. The van der Waals surface area contributed by atoms with Crippen LogP contribution in [0.4, 0.5) is 4.39 Å². The zero-order valence-corrected chi connectivity index (χ0v) is 26.1. The van der Waals surface area contributed by atoms with Crippen LogP contribution in [-0.2, 0) is 11.2 Å². The first-order valence-corrected chi connectivity index (χ1v) is 15.7. The first-order chi connectivity index (χ1) is 20.3. The predicted molar refractivity (Wildman–Crippen MR) is 175 cm³/mol. The Kier molecular flexibility index (Phi) is 11.7. The zero-order chi connectivity index (χ0) is 30.1. The van der Waals surface area contributed by atoms with Crippen molar-refractivity contribution in [3.8, 4) is 5.75 Å². The molecule has 42 heavy (non-hydrogen) atoms. The summed E-state index contributed by atoms with van der Waals surface area (Å²) in [7, 11) is 0. The number of benzene rings is 3. The fraction of sp³-hybridized carbons (Fsp3) is 0.361. The third kappa shape index (κ3) is 8.26. The lowest BCUT2D eigenvalue weighted by Gasteiger charge is -2.21. The molecular formula is C36H40Cl2FNO2. The Morgan fingerprint density at radius 1 is 0.976 bits per heavy atom. The fourth-order valence-electron chi connectivity index (χ4n) is 5.71. The van der Waals surface area contributed by atoms with Crippen molar-refractivity contribution < 1.29 is 13.9 Å². The SMILES string of the molecule is C=C(NC(C)=O)c1ccc2c(c1)CCCC(c1ccc(Cl)cc1Cl)=C2c1ccc(OC(CCC)CCCCCF)cc1. The number of carbonyl (C=O) groups is 1. The maximum atomic E-state index is 12.5. The summed E-state index contributed by atoms with van der Waals surface area (Å²) < 4.78 is 18.9. The Morgan fingerprint density at radius 3 is 2.43 bits per heavy atom. The topological polar surface area (TPSA) is 38.3 Å². The number of ether oxygens (including phenoxy) is 1. The third-order valence-electron chi connectivity index (χ3n) is 7.70. The van der Waals surface area contributed by atoms with Gasteiger partial charge in [0.1, 0.15) is 5.75 Å². The Bertz CT molecular complexity index is 1430. The molecule has 0 aliphatic heterocycles. The van der Waals surface area contributed by atoms with Gasteiger partial charge in [-0.2, -0.15) is 0 Å². The van der Waals surface area contributed by atoms with Crippen LogP contribution >= 0.6 is 23.2 Å². The van der Waals surface area contributed by atoms with Crippen LogP contribution in [0.25, 0.3) is 16.8 Å². The van der Waals surface area contributed by atoms with E-state index in [9.17, 15) is 9.18 Å². The molecule has 222 valence electrons. The van der Waals surface area contributed by atoms with Gasteiger partial charge in [0, 0.05) is 22.7 Å². The molecule has 1 atom stereocenters. The van der Waals surface area contributed by atoms with Gasteiger partial charge >= 0.3 is 0 Å². The molecule has 4 rings (SSSR count). The lowest BCUT2D eigenvalue weighted by atomic mass is 9.87. The molecule has 0 saturated carbocycles. The summed E-state index contributed by atoms with van der Waals surface area (Å²) in [5.74, 6) is 0.698. The maximum absolute atomic E-state index is 12.5. The van der Waals surface area contributed by atoms with E-state index < -0.39 is 0 Å². The molecular weight excluding hydrogens is 568 g/mol. The van der Waals surface area contributed by atoms with Gasteiger partial charge < -0.3 is 10.1 Å². The smallest absolute Gasteiger partial charge is 0.221 e. The second-order valence-electron chi connectivity index (χ2n) is 11.0. The summed E-state index contributed by atoms with van der Waals surface area (Å²) in [6.07, 6.45) is 8.23. The number of amides is 1. The van der Waals surface area contributed by atoms with E-state index >= 15 is 0 Å². The minimum absolute atomic E-state index is 0.122. The maximum Gasteiger partial charge on any atom is 0.221 e. The van der Waals surface area contributed by atoms with Crippen LogP contribution < -0.4 is 10.1 Å². The highest BCUT2D eigenvalue weighted by atomic mass is 35.5. The summed E-state index contributed by atoms with van der Waals surface area (Å²) >= 11 is 13.0. The van der Waals surface area contributed by atoms with Crippen molar-refractivity contribution >= 4 is 46.0 Å². The number of aryl methyl sites for hydroxylation is 1. The quantitative estimate of drug-likeness (QED) is 0.196. The molecule has 0 saturated heterocycles. The second-order valence-corrected chi connectivity index (χ2v) is 11.8. The van der Waals surface area contributed by atoms with Crippen LogP contribution in [-0.4, -0.2) is 18.7 Å². The second kappa shape index (κ2) is 15.4. The van der Waals surface area contributed by atoms with Gasteiger partial charge in [-0.05, 0) is 114 Å². The molecule has 6 heteroatoms. The van der Waals surface area contributed by atoms with E-state index in [1.165, 1.54) is 18.1 Å². The number of halogens is 3. The van der Waals surface area contributed by atoms with Crippen LogP contribution in [0.1, 0.15) is 93.0 Å². The van der Waals surface area contributed by atoms with Gasteiger partial charge in [-0.3, -0.25) is 9.18 Å². The summed E-state index contributed by atoms with van der Waals surface area (Å²) in [6, 6.07) is 20.3. The van der Waals surface area contributed by atoms with Crippen molar-refractivity contribution in [1.82, 2.24) is 5.32 Å². The molecule has 1 amide bonds. The highest BCUT2D eigenvalue weighted by molar-refractivity contribution is 6.36. The lowest BCUT2D eigenvalue weighted by molar-refractivity contribution is -0.117. The summed E-state index contributed by atoms with van der Waals surface area (Å²) in [5.41, 5.74) is 8.19. The van der Waals surface area contributed by atoms with Crippen molar-refractivity contribution in [2.75, 3.05) is 6.67 Å². The van der Waals surface area contributed by atoms with Crippen LogP contribution in [0.5, 0.6) is 5.75 Å². The molecule has 1 N–H and O–H groups in total. The average molecular weight is 609 g/mol. The minimum atomic E-state index is -0.256. The fourth-order valence-corrected chi connectivity index (χ4v) is 6.24. The number of fused-ring (bicyclic) bond motifs is 1. The summed E-state index contributed by atoms with van der Waals surface area (Å²) in [5, 5.41) is 4.05. The van der Waals surface area contributed by atoms with E-state index in [-0.39, 0.29) is 18.7 Å². The normalized spacial score (nSPS) is 13.7. The van der Waals surface area contributed by atoms with Crippen LogP contribution in [0.15, 0.2) is 67.2 Å². The monoisotopic (exact) mass is 607 g/mol. The Morgan fingerprint density at radius 2 is 1.74 bits per heavy atom. The van der Waals surface area contributed by atoms with Crippen LogP contribution in [0.3, 0.4) is 0 Å². The molecule has 1 aliphatic carbocycles. The summed E-state index contributed by atoms with van der Waals surface area (Å²) in [6.45, 7) is 7.46. The number of rotatable bonds is 13. The van der Waals surface area contributed by atoms with Crippen molar-refractivity contribution in [2.24, 2.45) is 0 Å². The Labute approximate surface area is 259 Å². The molecule has 0 bridgehead atoms. The number of hydrogen-bond donors (Lipinski definition) is 1.